The molecule has 2 amide bonds. The summed E-state index contributed by atoms with van der Waals surface area (Å²) >= 11 is 5.97. The molecule has 26 heavy (non-hydrogen) atoms. The topological polar surface area (TPSA) is 58.6 Å². The second-order valence-corrected chi connectivity index (χ2v) is 6.65. The highest BCUT2D eigenvalue weighted by Gasteiger charge is 2.24. The number of anilines is 2. The number of carbonyl (C=O) groups excluding carboxylic acids is 2. The second-order valence-electron chi connectivity index (χ2n) is 6.21. The Labute approximate surface area is 157 Å². The van der Waals surface area contributed by atoms with Gasteiger partial charge in [-0.2, -0.15) is 0 Å². The van der Waals surface area contributed by atoms with Crippen molar-refractivity contribution in [1.29, 1.82) is 0 Å². The molecule has 1 N–H and O–H groups in total. The Bertz CT molecular complexity index is 822. The molecule has 1 fully saturated rings. The van der Waals surface area contributed by atoms with Crippen LogP contribution in [0.25, 0.3) is 0 Å². The number of methoxy groups -OCH3 is 1. The predicted octanol–water partition coefficient (Wildman–Crippen LogP) is 4.05. The number of rotatable bonds is 6. The minimum atomic E-state index is -0.0890. The van der Waals surface area contributed by atoms with Crippen molar-refractivity contribution in [2.75, 3.05) is 23.9 Å². The van der Waals surface area contributed by atoms with Crippen LogP contribution in [-0.2, 0) is 16.0 Å². The van der Waals surface area contributed by atoms with Crippen molar-refractivity contribution in [3.8, 4) is 5.75 Å². The number of hydrogen-bond acceptors (Lipinski definition) is 3. The predicted molar refractivity (Wildman–Crippen MR) is 103 cm³/mol. The molecule has 1 saturated heterocycles. The Hall–Kier alpha value is -2.53. The summed E-state index contributed by atoms with van der Waals surface area (Å²) in [7, 11) is 1.57. The maximum Gasteiger partial charge on any atom is 0.227 e. The van der Waals surface area contributed by atoms with Crippen molar-refractivity contribution in [2.45, 2.75) is 25.7 Å². The fraction of sp³-hybridized carbons (Fsp3) is 0.300. The van der Waals surface area contributed by atoms with Gasteiger partial charge in [-0.15, -0.1) is 0 Å². The number of nitrogens with one attached hydrogen (secondary N) is 1. The molecule has 1 aliphatic heterocycles. The van der Waals surface area contributed by atoms with Gasteiger partial charge in [0.1, 0.15) is 5.75 Å². The zero-order valence-corrected chi connectivity index (χ0v) is 15.4. The third kappa shape index (κ3) is 4.35. The summed E-state index contributed by atoms with van der Waals surface area (Å²) in [5, 5.41) is 3.56. The van der Waals surface area contributed by atoms with Crippen LogP contribution in [0, 0.1) is 0 Å². The molecule has 2 aromatic carbocycles. The van der Waals surface area contributed by atoms with Gasteiger partial charge in [-0.3, -0.25) is 9.59 Å². The molecule has 0 aliphatic carbocycles. The van der Waals surface area contributed by atoms with E-state index in [9.17, 15) is 9.59 Å². The van der Waals surface area contributed by atoms with Crippen molar-refractivity contribution in [3.05, 3.63) is 53.1 Å². The van der Waals surface area contributed by atoms with Gasteiger partial charge in [-0.25, -0.2) is 0 Å². The molecule has 0 saturated carbocycles. The van der Waals surface area contributed by atoms with E-state index in [-0.39, 0.29) is 11.8 Å². The van der Waals surface area contributed by atoms with Crippen LogP contribution < -0.4 is 15.0 Å². The largest absolute Gasteiger partial charge is 0.495 e. The van der Waals surface area contributed by atoms with Crippen LogP contribution in [0.15, 0.2) is 42.5 Å². The summed E-state index contributed by atoms with van der Waals surface area (Å²) in [6, 6.07) is 12.8. The third-order valence-electron chi connectivity index (χ3n) is 4.36. The van der Waals surface area contributed by atoms with Crippen LogP contribution in [-0.4, -0.2) is 25.5 Å². The summed E-state index contributed by atoms with van der Waals surface area (Å²) in [6.45, 7) is 0.668. The number of aryl methyl sites for hydroxylation is 1. The van der Waals surface area contributed by atoms with Gasteiger partial charge in [-0.1, -0.05) is 23.7 Å². The fourth-order valence-corrected chi connectivity index (χ4v) is 3.27. The molecule has 0 aromatic heterocycles. The zero-order valence-electron chi connectivity index (χ0n) is 14.6. The van der Waals surface area contributed by atoms with E-state index in [1.54, 1.807) is 30.2 Å². The molecular weight excluding hydrogens is 352 g/mol. The van der Waals surface area contributed by atoms with E-state index in [2.05, 4.69) is 5.32 Å². The lowest BCUT2D eigenvalue weighted by molar-refractivity contribution is -0.117. The fourth-order valence-electron chi connectivity index (χ4n) is 3.06. The Morgan fingerprint density at radius 1 is 1.27 bits per heavy atom. The van der Waals surface area contributed by atoms with Gasteiger partial charge in [-0.05, 0) is 48.7 Å². The first-order valence-electron chi connectivity index (χ1n) is 8.59. The van der Waals surface area contributed by atoms with E-state index in [4.69, 9.17) is 16.3 Å². The number of amides is 2. The molecule has 1 heterocycles. The summed E-state index contributed by atoms with van der Waals surface area (Å²) in [6.07, 6.45) is 2.34. The van der Waals surface area contributed by atoms with E-state index in [1.807, 2.05) is 24.3 Å². The number of nitrogens with zero attached hydrogens (tertiary/aromatic N) is 1. The molecule has 0 bridgehead atoms. The Morgan fingerprint density at radius 3 is 2.81 bits per heavy atom. The van der Waals surface area contributed by atoms with E-state index in [0.29, 0.717) is 48.0 Å². The first-order valence-corrected chi connectivity index (χ1v) is 8.97. The number of carbonyl (C=O) groups is 2. The smallest absolute Gasteiger partial charge is 0.227 e. The molecule has 0 radical (unpaired) electrons. The first kappa shape index (κ1) is 18.3. The lowest BCUT2D eigenvalue weighted by atomic mass is 10.1. The van der Waals surface area contributed by atoms with E-state index >= 15 is 0 Å². The number of hydrogen-bond donors (Lipinski definition) is 1. The van der Waals surface area contributed by atoms with Crippen LogP contribution in [0.4, 0.5) is 11.4 Å². The number of halogens is 1. The van der Waals surface area contributed by atoms with Crippen LogP contribution in [0.2, 0.25) is 5.02 Å². The molecule has 136 valence electrons. The molecule has 0 atom stereocenters. The van der Waals surface area contributed by atoms with Gasteiger partial charge in [0, 0.05) is 30.1 Å². The highest BCUT2D eigenvalue weighted by atomic mass is 35.5. The minimum absolute atomic E-state index is 0.0766. The molecular formula is C20H21ClN2O3. The first-order chi connectivity index (χ1) is 12.6. The lowest BCUT2D eigenvalue weighted by Crippen LogP contribution is -2.24. The molecule has 5 nitrogen and oxygen atoms in total. The summed E-state index contributed by atoms with van der Waals surface area (Å²) in [5.74, 6) is 0.610. The molecule has 0 unspecified atom stereocenters. The summed E-state index contributed by atoms with van der Waals surface area (Å²) in [4.78, 5) is 26.0. The standard InChI is InChI=1S/C20H21ClN2O3/c1-26-18-9-8-16(13-17(18)23-11-3-6-20(23)25)22-19(24)10-7-14-4-2-5-15(21)12-14/h2,4-5,8-9,12-13H,3,6-7,10-11H2,1H3,(H,22,24). The maximum absolute atomic E-state index is 12.3. The lowest BCUT2D eigenvalue weighted by Gasteiger charge is -2.20. The van der Waals surface area contributed by atoms with Crippen LogP contribution in [0.5, 0.6) is 5.75 Å². The highest BCUT2D eigenvalue weighted by Crippen LogP contribution is 2.34. The minimum Gasteiger partial charge on any atom is -0.495 e. The van der Waals surface area contributed by atoms with E-state index in [1.165, 1.54) is 0 Å². The average Bonchev–Trinajstić information content (AvgIpc) is 3.06. The van der Waals surface area contributed by atoms with Gasteiger partial charge >= 0.3 is 0 Å². The van der Waals surface area contributed by atoms with Crippen molar-refractivity contribution >= 4 is 34.8 Å². The van der Waals surface area contributed by atoms with Gasteiger partial charge in [0.05, 0.1) is 12.8 Å². The van der Waals surface area contributed by atoms with Crippen molar-refractivity contribution in [1.82, 2.24) is 0 Å². The summed E-state index contributed by atoms with van der Waals surface area (Å²) in [5.41, 5.74) is 2.37. The molecule has 0 spiro atoms. The zero-order chi connectivity index (χ0) is 18.5. The van der Waals surface area contributed by atoms with Crippen molar-refractivity contribution in [3.63, 3.8) is 0 Å². The van der Waals surface area contributed by atoms with Gasteiger partial charge in [0.25, 0.3) is 0 Å². The Morgan fingerprint density at radius 2 is 2.12 bits per heavy atom. The molecule has 1 aliphatic rings. The van der Waals surface area contributed by atoms with Gasteiger partial charge in [0.2, 0.25) is 11.8 Å². The van der Waals surface area contributed by atoms with E-state index in [0.717, 1.165) is 12.0 Å². The Balaban J connectivity index is 1.67. The highest BCUT2D eigenvalue weighted by molar-refractivity contribution is 6.30. The maximum atomic E-state index is 12.3. The monoisotopic (exact) mass is 372 g/mol. The van der Waals surface area contributed by atoms with E-state index < -0.39 is 0 Å². The quantitative estimate of drug-likeness (QED) is 0.832. The number of benzene rings is 2. The molecule has 3 rings (SSSR count). The van der Waals surface area contributed by atoms with Gasteiger partial charge in [0.15, 0.2) is 0 Å². The average molecular weight is 373 g/mol. The Kier molecular flexibility index (Phi) is 5.78. The van der Waals surface area contributed by atoms with Crippen LogP contribution >= 0.6 is 11.6 Å². The number of ether oxygens (including phenoxy) is 1. The van der Waals surface area contributed by atoms with Crippen LogP contribution in [0.3, 0.4) is 0 Å². The van der Waals surface area contributed by atoms with Crippen LogP contribution in [0.1, 0.15) is 24.8 Å². The second kappa shape index (κ2) is 8.23. The summed E-state index contributed by atoms with van der Waals surface area (Å²) < 4.78 is 5.36. The molecule has 2 aromatic rings. The SMILES string of the molecule is COc1ccc(NC(=O)CCc2cccc(Cl)c2)cc1N1CCCC1=O. The van der Waals surface area contributed by atoms with Gasteiger partial charge < -0.3 is 15.0 Å². The van der Waals surface area contributed by atoms with Crippen molar-refractivity contribution in [2.24, 2.45) is 0 Å². The third-order valence-corrected chi connectivity index (χ3v) is 4.59. The molecule has 6 heteroatoms. The van der Waals surface area contributed by atoms with Crippen molar-refractivity contribution < 1.29 is 14.3 Å². The normalized spacial score (nSPS) is 13.8.